The maximum Gasteiger partial charge on any atom is 0.307 e. The molecule has 3 rings (SSSR count). The molecule has 0 spiro atoms. The van der Waals surface area contributed by atoms with Gasteiger partial charge in [-0.3, -0.25) is 9.59 Å². The first-order valence-corrected chi connectivity index (χ1v) is 10.9. The van der Waals surface area contributed by atoms with Crippen molar-refractivity contribution in [1.29, 1.82) is 0 Å². The van der Waals surface area contributed by atoms with Gasteiger partial charge in [0, 0.05) is 16.6 Å². The molecule has 2 N–H and O–H groups in total. The van der Waals surface area contributed by atoms with Gasteiger partial charge in [0.2, 0.25) is 10.0 Å². The number of amides is 1. The molecule has 29 heavy (non-hydrogen) atoms. The van der Waals surface area contributed by atoms with Gasteiger partial charge in [-0.2, -0.15) is 0 Å². The van der Waals surface area contributed by atoms with Crippen LogP contribution in [0.2, 0.25) is 5.02 Å². The Labute approximate surface area is 174 Å². The monoisotopic (exact) mass is 436 g/mol. The highest BCUT2D eigenvalue weighted by Gasteiger charge is 2.28. The minimum absolute atomic E-state index is 0.00132. The molecule has 9 heteroatoms. The predicted octanol–water partition coefficient (Wildman–Crippen LogP) is 2.81. The fourth-order valence-electron chi connectivity index (χ4n) is 2.71. The summed E-state index contributed by atoms with van der Waals surface area (Å²) in [6.45, 7) is 0. The lowest BCUT2D eigenvalue weighted by Crippen LogP contribution is -2.30. The number of carbonyl (C=O) groups is 2. The normalized spacial score (nSPS) is 14.8. The van der Waals surface area contributed by atoms with Gasteiger partial charge in [-0.1, -0.05) is 23.7 Å². The topological polar surface area (TPSA) is 102 Å². The van der Waals surface area contributed by atoms with Crippen LogP contribution in [-0.2, 0) is 19.6 Å². The number of rotatable bonds is 8. The van der Waals surface area contributed by atoms with Crippen molar-refractivity contribution in [3.8, 4) is 0 Å². The van der Waals surface area contributed by atoms with Gasteiger partial charge >= 0.3 is 5.97 Å². The minimum Gasteiger partial charge on any atom is -0.469 e. The van der Waals surface area contributed by atoms with Crippen LogP contribution in [0.4, 0.5) is 0 Å². The van der Waals surface area contributed by atoms with Crippen molar-refractivity contribution in [2.75, 3.05) is 7.11 Å². The van der Waals surface area contributed by atoms with Crippen molar-refractivity contribution < 1.29 is 22.7 Å². The van der Waals surface area contributed by atoms with Crippen LogP contribution in [0.15, 0.2) is 53.4 Å². The number of halogens is 1. The van der Waals surface area contributed by atoms with Crippen molar-refractivity contribution in [3.63, 3.8) is 0 Å². The molecule has 0 aromatic heterocycles. The Hall–Kier alpha value is -2.42. The van der Waals surface area contributed by atoms with Gasteiger partial charge in [0.1, 0.15) is 0 Å². The Kier molecular flexibility index (Phi) is 6.56. The molecule has 0 bridgehead atoms. The summed E-state index contributed by atoms with van der Waals surface area (Å²) in [5.74, 6) is -0.911. The van der Waals surface area contributed by atoms with Gasteiger partial charge in [0.25, 0.3) is 5.91 Å². The van der Waals surface area contributed by atoms with Gasteiger partial charge in [-0.15, -0.1) is 0 Å². The Bertz CT molecular complexity index is 987. The maximum absolute atomic E-state index is 12.7. The number of ether oxygens (including phenoxy) is 1. The fraction of sp³-hybridized carbons (Fsp3) is 0.300. The lowest BCUT2D eigenvalue weighted by atomic mass is 10.0. The van der Waals surface area contributed by atoms with Crippen LogP contribution >= 0.6 is 11.6 Å². The van der Waals surface area contributed by atoms with Crippen molar-refractivity contribution in [1.82, 2.24) is 10.0 Å². The second-order valence-corrected chi connectivity index (χ2v) is 8.93. The molecule has 154 valence electrons. The first kappa shape index (κ1) is 21.3. The van der Waals surface area contributed by atoms with E-state index in [2.05, 4.69) is 10.0 Å². The van der Waals surface area contributed by atoms with Gasteiger partial charge in [0.15, 0.2) is 0 Å². The SMILES string of the molecule is COC(=O)C[C@H](NC(=O)c1ccc(S(=O)(=O)NC2CC2)cc1)c1ccc(Cl)cc1. The zero-order valence-corrected chi connectivity index (χ0v) is 17.3. The Morgan fingerprint density at radius 3 is 2.28 bits per heavy atom. The van der Waals surface area contributed by atoms with Gasteiger partial charge in [0.05, 0.1) is 24.5 Å². The molecule has 2 aromatic carbocycles. The maximum atomic E-state index is 12.7. The first-order chi connectivity index (χ1) is 13.8. The van der Waals surface area contributed by atoms with Crippen LogP contribution in [-0.4, -0.2) is 33.4 Å². The van der Waals surface area contributed by atoms with E-state index in [9.17, 15) is 18.0 Å². The third-order valence-electron chi connectivity index (χ3n) is 4.50. The second kappa shape index (κ2) is 8.94. The molecule has 1 aliphatic carbocycles. The average Bonchev–Trinajstić information content (AvgIpc) is 3.51. The largest absolute Gasteiger partial charge is 0.469 e. The van der Waals surface area contributed by atoms with E-state index in [-0.39, 0.29) is 22.9 Å². The van der Waals surface area contributed by atoms with Crippen LogP contribution in [0.25, 0.3) is 0 Å². The molecule has 1 atom stereocenters. The van der Waals surface area contributed by atoms with E-state index in [4.69, 9.17) is 16.3 Å². The number of esters is 1. The quantitative estimate of drug-likeness (QED) is 0.619. The van der Waals surface area contributed by atoms with Crippen molar-refractivity contribution in [3.05, 3.63) is 64.7 Å². The van der Waals surface area contributed by atoms with Crippen LogP contribution in [0.1, 0.15) is 41.2 Å². The lowest BCUT2D eigenvalue weighted by molar-refractivity contribution is -0.141. The Morgan fingerprint density at radius 1 is 1.10 bits per heavy atom. The number of nitrogens with one attached hydrogen (secondary N) is 2. The predicted molar refractivity (Wildman–Crippen MR) is 108 cm³/mol. The van der Waals surface area contributed by atoms with Crippen molar-refractivity contribution >= 4 is 33.5 Å². The highest BCUT2D eigenvalue weighted by atomic mass is 35.5. The van der Waals surface area contributed by atoms with E-state index in [0.717, 1.165) is 12.8 Å². The summed E-state index contributed by atoms with van der Waals surface area (Å²) in [6, 6.07) is 11.8. The first-order valence-electron chi connectivity index (χ1n) is 9.04. The Balaban J connectivity index is 1.74. The van der Waals surface area contributed by atoms with Gasteiger partial charge in [-0.05, 0) is 54.8 Å². The second-order valence-electron chi connectivity index (χ2n) is 6.78. The third kappa shape index (κ3) is 5.79. The van der Waals surface area contributed by atoms with Crippen molar-refractivity contribution in [2.45, 2.75) is 36.2 Å². The molecular weight excluding hydrogens is 416 g/mol. The van der Waals surface area contributed by atoms with Crippen molar-refractivity contribution in [2.24, 2.45) is 0 Å². The molecule has 7 nitrogen and oxygen atoms in total. The van der Waals surface area contributed by atoms with Crippen LogP contribution in [0.3, 0.4) is 0 Å². The number of benzene rings is 2. The Morgan fingerprint density at radius 2 is 1.72 bits per heavy atom. The summed E-state index contributed by atoms with van der Waals surface area (Å²) >= 11 is 5.90. The summed E-state index contributed by atoms with van der Waals surface area (Å²) < 4.78 is 31.8. The molecule has 1 aliphatic rings. The highest BCUT2D eigenvalue weighted by molar-refractivity contribution is 7.89. The van der Waals surface area contributed by atoms with Gasteiger partial charge in [-0.25, -0.2) is 13.1 Å². The summed E-state index contributed by atoms with van der Waals surface area (Å²) in [5, 5.41) is 3.32. The summed E-state index contributed by atoms with van der Waals surface area (Å²) in [5.41, 5.74) is 0.972. The number of hydrogen-bond acceptors (Lipinski definition) is 5. The molecule has 1 saturated carbocycles. The molecule has 0 saturated heterocycles. The summed E-state index contributed by atoms with van der Waals surface area (Å²) in [7, 11) is -2.31. The van der Waals surface area contributed by atoms with Crippen LogP contribution < -0.4 is 10.0 Å². The molecule has 1 fully saturated rings. The van der Waals surface area contributed by atoms with E-state index >= 15 is 0 Å². The molecule has 0 radical (unpaired) electrons. The van der Waals surface area contributed by atoms with E-state index in [1.807, 2.05) is 0 Å². The lowest BCUT2D eigenvalue weighted by Gasteiger charge is -2.18. The third-order valence-corrected chi connectivity index (χ3v) is 6.29. The van der Waals surface area contributed by atoms with E-state index < -0.39 is 27.9 Å². The molecule has 0 heterocycles. The fourth-order valence-corrected chi connectivity index (χ4v) is 4.14. The molecule has 2 aromatic rings. The highest BCUT2D eigenvalue weighted by Crippen LogP contribution is 2.23. The molecule has 0 unspecified atom stereocenters. The number of hydrogen-bond donors (Lipinski definition) is 2. The van der Waals surface area contributed by atoms with E-state index in [0.29, 0.717) is 10.6 Å². The standard InChI is InChI=1S/C20H21ClN2O5S/c1-28-19(24)12-18(13-2-6-15(21)7-3-13)22-20(25)14-4-10-17(11-5-14)29(26,27)23-16-8-9-16/h2-7,10-11,16,18,23H,8-9,12H2,1H3,(H,22,25)/t18-/m0/s1. The summed E-state index contributed by atoms with van der Waals surface area (Å²) in [4.78, 5) is 24.5. The summed E-state index contributed by atoms with van der Waals surface area (Å²) in [6.07, 6.45) is 1.62. The number of carbonyl (C=O) groups excluding carboxylic acids is 2. The zero-order valence-electron chi connectivity index (χ0n) is 15.7. The van der Waals surface area contributed by atoms with Gasteiger partial charge < -0.3 is 10.1 Å². The molecule has 0 aliphatic heterocycles. The van der Waals surface area contributed by atoms with Crippen LogP contribution in [0.5, 0.6) is 0 Å². The smallest absolute Gasteiger partial charge is 0.307 e. The number of methoxy groups -OCH3 is 1. The van der Waals surface area contributed by atoms with E-state index in [1.54, 1.807) is 24.3 Å². The number of sulfonamides is 1. The van der Waals surface area contributed by atoms with E-state index in [1.165, 1.54) is 31.4 Å². The molecular formula is C20H21ClN2O5S. The zero-order chi connectivity index (χ0) is 21.0. The minimum atomic E-state index is -3.58. The van der Waals surface area contributed by atoms with Crippen LogP contribution in [0, 0.1) is 0 Å². The average molecular weight is 437 g/mol. The molecule has 1 amide bonds.